The van der Waals surface area contributed by atoms with Gasteiger partial charge in [-0.1, -0.05) is 36.7 Å². The first kappa shape index (κ1) is 20.4. The van der Waals surface area contributed by atoms with Gasteiger partial charge in [0.25, 0.3) is 0 Å². The Morgan fingerprint density at radius 1 is 0.786 bits per heavy atom. The topological polar surface area (TPSA) is 88.5 Å². The van der Waals surface area contributed by atoms with E-state index >= 15 is 0 Å². The van der Waals surface area contributed by atoms with E-state index in [0.29, 0.717) is 17.0 Å². The maximum absolute atomic E-state index is 13.1. The van der Waals surface area contributed by atoms with Gasteiger partial charge in [-0.15, -0.1) is 0 Å². The van der Waals surface area contributed by atoms with E-state index in [1.54, 1.807) is 25.1 Å². The fourth-order valence-electron chi connectivity index (χ4n) is 2.80. The van der Waals surface area contributed by atoms with Gasteiger partial charge in [0.05, 0.1) is 14.7 Å². The molecule has 28 heavy (non-hydrogen) atoms. The van der Waals surface area contributed by atoms with Crippen LogP contribution in [-0.2, 0) is 26.1 Å². The second-order valence-corrected chi connectivity index (χ2v) is 10.3. The minimum atomic E-state index is -4.15. The summed E-state index contributed by atoms with van der Waals surface area (Å²) in [4.78, 5) is -0.669. The zero-order valence-electron chi connectivity index (χ0n) is 14.8. The standard InChI is InChI=1S/C20H17ClO5S2/c1-2-14-12-18(22)20(28(25,26)17-10-8-15(21)9-11-17)13-19(14)27(23,24)16-6-4-3-5-7-16/h3-13,22H,2H2,1H3. The average molecular weight is 437 g/mol. The number of aryl methyl sites for hydroxylation is 1. The van der Waals surface area contributed by atoms with Gasteiger partial charge in [-0.2, -0.15) is 0 Å². The zero-order valence-corrected chi connectivity index (χ0v) is 17.2. The molecule has 0 saturated heterocycles. The highest BCUT2D eigenvalue weighted by atomic mass is 35.5. The highest BCUT2D eigenvalue weighted by molar-refractivity contribution is 7.92. The van der Waals surface area contributed by atoms with Crippen molar-refractivity contribution in [2.45, 2.75) is 32.9 Å². The molecular formula is C20H17ClO5S2. The fraction of sp³-hybridized carbons (Fsp3) is 0.100. The maximum atomic E-state index is 13.1. The van der Waals surface area contributed by atoms with Crippen LogP contribution < -0.4 is 0 Å². The van der Waals surface area contributed by atoms with Crippen molar-refractivity contribution in [2.75, 3.05) is 0 Å². The van der Waals surface area contributed by atoms with Crippen molar-refractivity contribution < 1.29 is 21.9 Å². The third-order valence-corrected chi connectivity index (χ3v) is 8.18. The lowest BCUT2D eigenvalue weighted by atomic mass is 10.1. The van der Waals surface area contributed by atoms with E-state index in [0.717, 1.165) is 6.07 Å². The number of phenolic OH excluding ortho intramolecular Hbond substituents is 1. The summed E-state index contributed by atoms with van der Waals surface area (Å²) in [5.41, 5.74) is 0.330. The van der Waals surface area contributed by atoms with E-state index in [-0.39, 0.29) is 14.7 Å². The molecule has 0 aliphatic rings. The molecule has 3 aromatic carbocycles. The van der Waals surface area contributed by atoms with Crippen LogP contribution in [0.25, 0.3) is 0 Å². The van der Waals surface area contributed by atoms with Crippen LogP contribution in [0.2, 0.25) is 5.02 Å². The lowest BCUT2D eigenvalue weighted by molar-refractivity contribution is 0.456. The van der Waals surface area contributed by atoms with E-state index in [4.69, 9.17) is 11.6 Å². The van der Waals surface area contributed by atoms with Crippen LogP contribution in [0.15, 0.2) is 86.3 Å². The molecule has 0 fully saturated rings. The van der Waals surface area contributed by atoms with Crippen LogP contribution in [0.4, 0.5) is 0 Å². The van der Waals surface area contributed by atoms with Gasteiger partial charge in [-0.25, -0.2) is 16.8 Å². The maximum Gasteiger partial charge on any atom is 0.210 e. The Morgan fingerprint density at radius 2 is 1.32 bits per heavy atom. The van der Waals surface area contributed by atoms with Crippen LogP contribution >= 0.6 is 11.6 Å². The van der Waals surface area contributed by atoms with Crippen LogP contribution in [0.3, 0.4) is 0 Å². The summed E-state index contributed by atoms with van der Waals surface area (Å²) in [5.74, 6) is -0.501. The van der Waals surface area contributed by atoms with Crippen LogP contribution in [0, 0.1) is 0 Å². The van der Waals surface area contributed by atoms with Crippen LogP contribution in [0.5, 0.6) is 5.75 Å². The van der Waals surface area contributed by atoms with Gasteiger partial charge in [0.15, 0.2) is 0 Å². The normalized spacial score (nSPS) is 12.1. The Morgan fingerprint density at radius 3 is 1.89 bits per heavy atom. The van der Waals surface area contributed by atoms with Crippen LogP contribution in [-0.4, -0.2) is 21.9 Å². The molecule has 3 rings (SSSR count). The SMILES string of the molecule is CCc1cc(O)c(S(=O)(=O)c2ccc(Cl)cc2)cc1S(=O)(=O)c1ccccc1. The van der Waals surface area contributed by atoms with Crippen LogP contribution in [0.1, 0.15) is 12.5 Å². The fourth-order valence-corrected chi connectivity index (χ4v) is 5.95. The number of hydrogen-bond donors (Lipinski definition) is 1. The minimum Gasteiger partial charge on any atom is -0.507 e. The smallest absolute Gasteiger partial charge is 0.210 e. The first-order valence-corrected chi connectivity index (χ1v) is 11.7. The highest BCUT2D eigenvalue weighted by Crippen LogP contribution is 2.35. The molecule has 0 atom stereocenters. The molecule has 0 heterocycles. The van der Waals surface area contributed by atoms with Crippen molar-refractivity contribution in [3.05, 3.63) is 77.3 Å². The zero-order chi connectivity index (χ0) is 20.5. The number of aromatic hydroxyl groups is 1. The molecule has 1 N–H and O–H groups in total. The van der Waals surface area contributed by atoms with Gasteiger partial charge in [-0.05, 0) is 60.5 Å². The Hall–Kier alpha value is -2.35. The molecule has 3 aromatic rings. The summed E-state index contributed by atoms with van der Waals surface area (Å²) in [6, 6.07) is 15.4. The Labute approximate surface area is 169 Å². The Bertz CT molecular complexity index is 1220. The van der Waals surface area contributed by atoms with Gasteiger partial charge in [0.1, 0.15) is 10.6 Å². The van der Waals surface area contributed by atoms with Crippen molar-refractivity contribution in [2.24, 2.45) is 0 Å². The predicted molar refractivity (Wildman–Crippen MR) is 106 cm³/mol. The molecular weight excluding hydrogens is 420 g/mol. The summed E-state index contributed by atoms with van der Waals surface area (Å²) in [5, 5.41) is 10.7. The van der Waals surface area contributed by atoms with Gasteiger partial charge in [0, 0.05) is 5.02 Å². The van der Waals surface area contributed by atoms with Gasteiger partial charge in [0.2, 0.25) is 19.7 Å². The van der Waals surface area contributed by atoms with E-state index in [1.807, 2.05) is 0 Å². The lowest BCUT2D eigenvalue weighted by Crippen LogP contribution is -2.09. The number of rotatable bonds is 5. The molecule has 5 nitrogen and oxygen atoms in total. The molecule has 0 aliphatic heterocycles. The van der Waals surface area contributed by atoms with Gasteiger partial charge >= 0.3 is 0 Å². The summed E-state index contributed by atoms with van der Waals surface area (Å²) < 4.78 is 52.1. The third-order valence-electron chi connectivity index (χ3n) is 4.28. The van der Waals surface area contributed by atoms with E-state index in [1.165, 1.54) is 42.5 Å². The third kappa shape index (κ3) is 3.65. The molecule has 0 spiro atoms. The highest BCUT2D eigenvalue weighted by Gasteiger charge is 2.28. The second-order valence-electron chi connectivity index (χ2n) is 6.06. The molecule has 146 valence electrons. The average Bonchev–Trinajstić information content (AvgIpc) is 2.68. The monoisotopic (exact) mass is 436 g/mol. The number of phenols is 1. The summed E-state index contributed by atoms with van der Waals surface area (Å²) in [6.45, 7) is 1.73. The quantitative estimate of drug-likeness (QED) is 0.645. The molecule has 0 aromatic heterocycles. The first-order valence-electron chi connectivity index (χ1n) is 8.34. The number of hydrogen-bond acceptors (Lipinski definition) is 5. The van der Waals surface area contributed by atoms with Crippen molar-refractivity contribution in [1.29, 1.82) is 0 Å². The van der Waals surface area contributed by atoms with E-state index in [9.17, 15) is 21.9 Å². The van der Waals surface area contributed by atoms with Crippen molar-refractivity contribution in [3.8, 4) is 5.75 Å². The van der Waals surface area contributed by atoms with Gasteiger partial charge < -0.3 is 5.11 Å². The molecule has 8 heteroatoms. The number of benzene rings is 3. The molecule has 0 saturated carbocycles. The molecule has 0 unspecified atom stereocenters. The largest absolute Gasteiger partial charge is 0.507 e. The van der Waals surface area contributed by atoms with Crippen molar-refractivity contribution in [1.82, 2.24) is 0 Å². The second kappa shape index (κ2) is 7.58. The summed E-state index contributed by atoms with van der Waals surface area (Å²) >= 11 is 5.81. The number of halogens is 1. The van der Waals surface area contributed by atoms with Gasteiger partial charge in [-0.3, -0.25) is 0 Å². The predicted octanol–water partition coefficient (Wildman–Crippen LogP) is 4.27. The summed E-state index contributed by atoms with van der Waals surface area (Å²) in [7, 11) is -8.12. The minimum absolute atomic E-state index is 0.0465. The molecule has 0 aliphatic carbocycles. The lowest BCUT2D eigenvalue weighted by Gasteiger charge is -2.14. The van der Waals surface area contributed by atoms with Crippen molar-refractivity contribution >= 4 is 31.3 Å². The molecule has 0 amide bonds. The van der Waals surface area contributed by atoms with Crippen molar-refractivity contribution in [3.63, 3.8) is 0 Å². The molecule has 0 radical (unpaired) electrons. The van der Waals surface area contributed by atoms with E-state index < -0.39 is 30.3 Å². The number of sulfone groups is 2. The summed E-state index contributed by atoms with van der Waals surface area (Å²) in [6.07, 6.45) is 0.302. The Kier molecular flexibility index (Phi) is 5.52. The molecule has 0 bridgehead atoms. The van der Waals surface area contributed by atoms with E-state index in [2.05, 4.69) is 0 Å². The first-order chi connectivity index (χ1) is 13.2. The Balaban J connectivity index is 2.26.